The summed E-state index contributed by atoms with van der Waals surface area (Å²) in [6, 6.07) is 1.67. The lowest BCUT2D eigenvalue weighted by Crippen LogP contribution is -2.10. The van der Waals surface area contributed by atoms with Gasteiger partial charge >= 0.3 is 5.97 Å². The van der Waals surface area contributed by atoms with Crippen LogP contribution in [0.5, 0.6) is 0 Å². The van der Waals surface area contributed by atoms with E-state index in [2.05, 4.69) is 15.3 Å². The van der Waals surface area contributed by atoms with E-state index in [9.17, 15) is 4.79 Å². The summed E-state index contributed by atoms with van der Waals surface area (Å²) in [7, 11) is 1.72. The van der Waals surface area contributed by atoms with Crippen LogP contribution in [0.3, 0.4) is 0 Å². The predicted octanol–water partition coefficient (Wildman–Crippen LogP) is 0.695. The second-order valence-electron chi connectivity index (χ2n) is 2.24. The minimum Gasteiger partial charge on any atom is -0.460 e. The lowest BCUT2D eigenvalue weighted by Gasteiger charge is -2.01. The van der Waals surface area contributed by atoms with Gasteiger partial charge in [-0.1, -0.05) is 0 Å². The number of esters is 1. The molecule has 0 saturated carbocycles. The quantitative estimate of drug-likeness (QED) is 0.695. The summed E-state index contributed by atoms with van der Waals surface area (Å²) in [5.41, 5.74) is 0. The summed E-state index contributed by atoms with van der Waals surface area (Å²) >= 11 is 0. The van der Waals surface area contributed by atoms with E-state index in [4.69, 9.17) is 4.74 Å². The first-order valence-corrected chi connectivity index (χ1v) is 3.96. The molecule has 1 heterocycles. The number of anilines is 1. The monoisotopic (exact) mass is 181 g/mol. The van der Waals surface area contributed by atoms with E-state index in [1.54, 1.807) is 20.0 Å². The van der Waals surface area contributed by atoms with Crippen LogP contribution in [0.25, 0.3) is 0 Å². The van der Waals surface area contributed by atoms with Gasteiger partial charge in [0.25, 0.3) is 0 Å². The maximum absolute atomic E-state index is 11.1. The lowest BCUT2D eigenvalue weighted by atomic mass is 10.5. The van der Waals surface area contributed by atoms with Crippen LogP contribution >= 0.6 is 0 Å². The van der Waals surface area contributed by atoms with E-state index in [0.29, 0.717) is 12.4 Å². The summed E-state index contributed by atoms with van der Waals surface area (Å²) < 4.78 is 4.74. The van der Waals surface area contributed by atoms with Gasteiger partial charge in [-0.25, -0.2) is 14.8 Å². The molecule has 0 fully saturated rings. The standard InChI is InChI=1S/C8H11N3O2/c1-3-13-8(12)7-10-5-4-6(9-2)11-7/h4-5H,3H2,1-2H3,(H,9,10,11). The zero-order chi connectivity index (χ0) is 9.68. The summed E-state index contributed by atoms with van der Waals surface area (Å²) in [4.78, 5) is 18.8. The van der Waals surface area contributed by atoms with Gasteiger partial charge in [0, 0.05) is 13.2 Å². The number of aromatic nitrogens is 2. The Balaban J connectivity index is 2.82. The molecule has 0 saturated heterocycles. The molecule has 1 aromatic heterocycles. The second kappa shape index (κ2) is 4.39. The van der Waals surface area contributed by atoms with Crippen molar-refractivity contribution in [2.75, 3.05) is 19.0 Å². The average Bonchev–Trinajstić information content (AvgIpc) is 2.18. The first-order valence-electron chi connectivity index (χ1n) is 3.96. The highest BCUT2D eigenvalue weighted by Gasteiger charge is 2.09. The van der Waals surface area contributed by atoms with E-state index < -0.39 is 5.97 Å². The topological polar surface area (TPSA) is 64.1 Å². The molecule has 0 aliphatic rings. The normalized spacial score (nSPS) is 9.38. The minimum atomic E-state index is -0.500. The van der Waals surface area contributed by atoms with E-state index >= 15 is 0 Å². The Morgan fingerprint density at radius 2 is 2.46 bits per heavy atom. The summed E-state index contributed by atoms with van der Waals surface area (Å²) in [6.45, 7) is 2.06. The summed E-state index contributed by atoms with van der Waals surface area (Å²) in [6.07, 6.45) is 1.51. The molecular formula is C8H11N3O2. The molecule has 0 bridgehead atoms. The van der Waals surface area contributed by atoms with Gasteiger partial charge in [-0.05, 0) is 13.0 Å². The molecule has 0 radical (unpaired) electrons. The number of hydrogen-bond donors (Lipinski definition) is 1. The summed E-state index contributed by atoms with van der Waals surface area (Å²) in [5.74, 6) is 0.173. The number of carbonyl (C=O) groups is 1. The average molecular weight is 181 g/mol. The molecule has 0 unspecified atom stereocenters. The number of nitrogens with zero attached hydrogens (tertiary/aromatic N) is 2. The third-order valence-electron chi connectivity index (χ3n) is 1.37. The fraction of sp³-hybridized carbons (Fsp3) is 0.375. The van der Waals surface area contributed by atoms with Gasteiger partial charge < -0.3 is 10.1 Å². The first kappa shape index (κ1) is 9.44. The van der Waals surface area contributed by atoms with Gasteiger partial charge in [0.05, 0.1) is 6.61 Å². The molecule has 1 aromatic rings. The molecule has 0 aliphatic heterocycles. The Morgan fingerprint density at radius 1 is 1.69 bits per heavy atom. The number of ether oxygens (including phenoxy) is 1. The molecule has 0 atom stereocenters. The minimum absolute atomic E-state index is 0.0775. The van der Waals surface area contributed by atoms with Crippen LogP contribution in [0.15, 0.2) is 12.3 Å². The Labute approximate surface area is 76.2 Å². The van der Waals surface area contributed by atoms with Gasteiger partial charge in [0.1, 0.15) is 5.82 Å². The molecule has 0 spiro atoms. The fourth-order valence-corrected chi connectivity index (χ4v) is 0.792. The van der Waals surface area contributed by atoms with Crippen LogP contribution in [0.4, 0.5) is 5.82 Å². The number of carbonyl (C=O) groups excluding carboxylic acids is 1. The molecule has 5 nitrogen and oxygen atoms in total. The van der Waals surface area contributed by atoms with E-state index in [-0.39, 0.29) is 5.82 Å². The molecule has 70 valence electrons. The van der Waals surface area contributed by atoms with Crippen molar-refractivity contribution in [1.29, 1.82) is 0 Å². The highest BCUT2D eigenvalue weighted by Crippen LogP contribution is 2.01. The fourth-order valence-electron chi connectivity index (χ4n) is 0.792. The SMILES string of the molecule is CCOC(=O)c1nccc(NC)n1. The third-order valence-corrected chi connectivity index (χ3v) is 1.37. The van der Waals surface area contributed by atoms with Gasteiger partial charge in [-0.2, -0.15) is 0 Å². The molecule has 0 amide bonds. The van der Waals surface area contributed by atoms with Crippen molar-refractivity contribution < 1.29 is 9.53 Å². The van der Waals surface area contributed by atoms with Crippen molar-refractivity contribution in [2.24, 2.45) is 0 Å². The van der Waals surface area contributed by atoms with Crippen LogP contribution in [-0.2, 0) is 4.74 Å². The first-order chi connectivity index (χ1) is 6.27. The Kier molecular flexibility index (Phi) is 3.19. The van der Waals surface area contributed by atoms with Gasteiger partial charge in [-0.3, -0.25) is 0 Å². The Morgan fingerprint density at radius 3 is 3.08 bits per heavy atom. The van der Waals surface area contributed by atoms with E-state index in [1.807, 2.05) is 0 Å². The number of rotatable bonds is 3. The van der Waals surface area contributed by atoms with Crippen LogP contribution < -0.4 is 5.32 Å². The molecule has 5 heteroatoms. The molecular weight excluding hydrogens is 170 g/mol. The van der Waals surface area contributed by atoms with Crippen molar-refractivity contribution in [3.63, 3.8) is 0 Å². The van der Waals surface area contributed by atoms with Crippen LogP contribution in [-0.4, -0.2) is 29.6 Å². The summed E-state index contributed by atoms with van der Waals surface area (Å²) in [5, 5.41) is 2.81. The van der Waals surface area contributed by atoms with Crippen molar-refractivity contribution in [3.8, 4) is 0 Å². The third kappa shape index (κ3) is 2.40. The zero-order valence-electron chi connectivity index (χ0n) is 7.57. The highest BCUT2D eigenvalue weighted by molar-refractivity contribution is 5.85. The van der Waals surface area contributed by atoms with Gasteiger partial charge in [0.2, 0.25) is 5.82 Å². The van der Waals surface area contributed by atoms with Crippen LogP contribution in [0.1, 0.15) is 17.5 Å². The molecule has 1 N–H and O–H groups in total. The highest BCUT2D eigenvalue weighted by atomic mass is 16.5. The Hall–Kier alpha value is -1.65. The van der Waals surface area contributed by atoms with Crippen molar-refractivity contribution in [1.82, 2.24) is 9.97 Å². The molecule has 0 aliphatic carbocycles. The van der Waals surface area contributed by atoms with Crippen LogP contribution in [0, 0.1) is 0 Å². The van der Waals surface area contributed by atoms with E-state index in [0.717, 1.165) is 0 Å². The maximum Gasteiger partial charge on any atom is 0.376 e. The van der Waals surface area contributed by atoms with Crippen molar-refractivity contribution >= 4 is 11.8 Å². The Bertz CT molecular complexity index is 301. The van der Waals surface area contributed by atoms with Crippen molar-refractivity contribution in [3.05, 3.63) is 18.1 Å². The second-order valence-corrected chi connectivity index (χ2v) is 2.24. The molecule has 13 heavy (non-hydrogen) atoms. The van der Waals surface area contributed by atoms with Crippen molar-refractivity contribution in [2.45, 2.75) is 6.92 Å². The number of nitrogens with one attached hydrogen (secondary N) is 1. The lowest BCUT2D eigenvalue weighted by molar-refractivity contribution is 0.0512. The van der Waals surface area contributed by atoms with Crippen LogP contribution in [0.2, 0.25) is 0 Å². The van der Waals surface area contributed by atoms with E-state index in [1.165, 1.54) is 6.20 Å². The zero-order valence-corrected chi connectivity index (χ0v) is 7.57. The largest absolute Gasteiger partial charge is 0.460 e. The molecule has 0 aromatic carbocycles. The van der Waals surface area contributed by atoms with Gasteiger partial charge in [-0.15, -0.1) is 0 Å². The van der Waals surface area contributed by atoms with Gasteiger partial charge in [0.15, 0.2) is 0 Å². The predicted molar refractivity (Wildman–Crippen MR) is 47.5 cm³/mol. The number of hydrogen-bond acceptors (Lipinski definition) is 5. The smallest absolute Gasteiger partial charge is 0.376 e. The molecule has 1 rings (SSSR count). The maximum atomic E-state index is 11.1.